The first-order chi connectivity index (χ1) is 18.3. The summed E-state index contributed by atoms with van der Waals surface area (Å²) in [5.74, 6) is -3.18. The van der Waals surface area contributed by atoms with Gasteiger partial charge in [0, 0.05) is 19.3 Å². The zero-order valence-electron chi connectivity index (χ0n) is 23.2. The summed E-state index contributed by atoms with van der Waals surface area (Å²) < 4.78 is 74.2. The van der Waals surface area contributed by atoms with Gasteiger partial charge in [-0.2, -0.15) is 18.3 Å². The van der Waals surface area contributed by atoms with Crippen molar-refractivity contribution in [2.75, 3.05) is 0 Å². The van der Waals surface area contributed by atoms with Crippen molar-refractivity contribution < 1.29 is 36.3 Å². The Morgan fingerprint density at radius 1 is 1.12 bits per heavy atom. The molecular weight excluding hydrogens is 537 g/mol. The maximum Gasteiger partial charge on any atom is 0.408 e. The predicted octanol–water partition coefficient (Wildman–Crippen LogP) is 6.28. The molecule has 2 heterocycles. The smallest absolute Gasteiger partial charge is 0.408 e. The molecule has 2 N–H and O–H groups in total. The largest absolute Gasteiger partial charge is 0.444 e. The summed E-state index contributed by atoms with van der Waals surface area (Å²) in [6.07, 6.45) is -1.69. The lowest BCUT2D eigenvalue weighted by atomic mass is 9.79. The molecule has 13 heteroatoms. The molecular formula is C27H36F5N5O3. The molecule has 2 amide bonds. The molecule has 0 aliphatic heterocycles. The van der Waals surface area contributed by atoms with Gasteiger partial charge < -0.3 is 15.4 Å². The Kier molecular flexibility index (Phi) is 7.83. The van der Waals surface area contributed by atoms with Crippen LogP contribution in [-0.4, -0.2) is 44.3 Å². The zero-order chi connectivity index (χ0) is 29.7. The third kappa shape index (κ3) is 7.39. The fraction of sp³-hybridized carbons (Fsp3) is 0.704. The second kappa shape index (κ2) is 10.4. The molecule has 0 aromatic carbocycles. The maximum atomic E-state index is 13.7. The van der Waals surface area contributed by atoms with E-state index in [4.69, 9.17) is 4.74 Å². The van der Waals surface area contributed by atoms with Crippen LogP contribution in [0.15, 0.2) is 18.5 Å². The van der Waals surface area contributed by atoms with Gasteiger partial charge in [-0.15, -0.1) is 0 Å². The first kappa shape index (κ1) is 30.0. The van der Waals surface area contributed by atoms with Gasteiger partial charge in [-0.1, -0.05) is 13.8 Å². The number of fused-ring (bicyclic) bond motifs is 1. The summed E-state index contributed by atoms with van der Waals surface area (Å²) in [5, 5.41) is 9.83. The van der Waals surface area contributed by atoms with E-state index in [1.165, 1.54) is 10.7 Å². The average molecular weight is 574 g/mol. The number of ether oxygens (including phenoxy) is 1. The zero-order valence-corrected chi connectivity index (χ0v) is 23.2. The van der Waals surface area contributed by atoms with E-state index < -0.39 is 41.7 Å². The average Bonchev–Trinajstić information content (AvgIpc) is 3.51. The highest BCUT2D eigenvalue weighted by Gasteiger charge is 2.49. The molecule has 40 heavy (non-hydrogen) atoms. The fourth-order valence-electron chi connectivity index (χ4n) is 4.88. The van der Waals surface area contributed by atoms with Gasteiger partial charge in [0.15, 0.2) is 5.65 Å². The van der Waals surface area contributed by atoms with E-state index >= 15 is 0 Å². The summed E-state index contributed by atoms with van der Waals surface area (Å²) in [5.41, 5.74) is -1.85. The van der Waals surface area contributed by atoms with E-state index in [0.717, 1.165) is 26.7 Å². The first-order valence-electron chi connectivity index (χ1n) is 13.4. The van der Waals surface area contributed by atoms with E-state index in [-0.39, 0.29) is 48.7 Å². The van der Waals surface area contributed by atoms with Crippen LogP contribution in [0.4, 0.5) is 26.7 Å². The van der Waals surface area contributed by atoms with Gasteiger partial charge >= 0.3 is 12.3 Å². The molecule has 0 unspecified atom stereocenters. The SMILES string of the molecule is CC(C)(C)OC(=O)N[C@@H](CC(C)(C)C(F)(F)F)c1cn2ncc([C@H](NC(=O)CC3CC(F)(F)C3)C3CC3)cc2n1. The standard InChI is InChI=1S/C27H36F5N5O3/c1-24(2,3)40-23(39)35-18(12-25(4,5)27(30,31)32)19-14-37-20(34-19)9-17(13-33-37)22(16-6-7-16)36-21(38)8-15-10-26(28,29)11-15/h9,13-16,18,22H,6-8,10-12H2,1-5H3,(H,35,39)(H,36,38)/t18-,22+/m0/s1. The summed E-state index contributed by atoms with van der Waals surface area (Å²) in [6, 6.07) is 0.179. The van der Waals surface area contributed by atoms with Crippen LogP contribution in [0, 0.1) is 17.3 Å². The molecule has 2 aromatic rings. The van der Waals surface area contributed by atoms with Gasteiger partial charge in [-0.25, -0.2) is 23.1 Å². The molecule has 0 spiro atoms. The second-order valence-electron chi connectivity index (χ2n) is 12.8. The molecule has 0 bridgehead atoms. The molecule has 222 valence electrons. The van der Waals surface area contributed by atoms with E-state index in [0.29, 0.717) is 11.2 Å². The minimum atomic E-state index is -4.53. The van der Waals surface area contributed by atoms with Crippen molar-refractivity contribution in [3.05, 3.63) is 29.7 Å². The summed E-state index contributed by atoms with van der Waals surface area (Å²) in [7, 11) is 0. The van der Waals surface area contributed by atoms with E-state index in [9.17, 15) is 31.5 Å². The molecule has 4 rings (SSSR count). The summed E-state index contributed by atoms with van der Waals surface area (Å²) in [6.45, 7) is 7.05. The van der Waals surface area contributed by atoms with Crippen LogP contribution in [0.25, 0.3) is 5.65 Å². The molecule has 8 nitrogen and oxygen atoms in total. The number of carbonyl (C=O) groups is 2. The lowest BCUT2D eigenvalue weighted by Crippen LogP contribution is -2.40. The molecule has 2 aliphatic carbocycles. The fourth-order valence-corrected chi connectivity index (χ4v) is 4.88. The minimum absolute atomic E-state index is 0.0228. The third-order valence-electron chi connectivity index (χ3n) is 7.31. The Morgan fingerprint density at radius 2 is 1.77 bits per heavy atom. The molecule has 2 saturated carbocycles. The van der Waals surface area contributed by atoms with E-state index in [1.54, 1.807) is 33.0 Å². The van der Waals surface area contributed by atoms with Gasteiger partial charge in [-0.3, -0.25) is 4.79 Å². The Bertz CT molecular complexity index is 1240. The topological polar surface area (TPSA) is 97.6 Å². The number of hydrogen-bond acceptors (Lipinski definition) is 5. The molecule has 2 fully saturated rings. The van der Waals surface area contributed by atoms with Crippen molar-refractivity contribution in [3.63, 3.8) is 0 Å². The van der Waals surface area contributed by atoms with Gasteiger partial charge in [0.1, 0.15) is 5.60 Å². The Labute approximate surface area is 229 Å². The van der Waals surface area contributed by atoms with Crippen molar-refractivity contribution in [2.45, 2.75) is 103 Å². The van der Waals surface area contributed by atoms with Crippen LogP contribution in [0.3, 0.4) is 0 Å². The van der Waals surface area contributed by atoms with Gasteiger partial charge in [0.05, 0.1) is 35.6 Å². The van der Waals surface area contributed by atoms with Crippen molar-refractivity contribution in [3.8, 4) is 0 Å². The summed E-state index contributed by atoms with van der Waals surface area (Å²) in [4.78, 5) is 29.6. The van der Waals surface area contributed by atoms with Crippen LogP contribution in [0.5, 0.6) is 0 Å². The number of imidazole rings is 1. The predicted molar refractivity (Wildman–Crippen MR) is 135 cm³/mol. The Morgan fingerprint density at radius 3 is 2.33 bits per heavy atom. The number of carbonyl (C=O) groups excluding carboxylic acids is 2. The number of hydrogen-bond donors (Lipinski definition) is 2. The van der Waals surface area contributed by atoms with Crippen molar-refractivity contribution >= 4 is 17.6 Å². The van der Waals surface area contributed by atoms with Crippen molar-refractivity contribution in [2.24, 2.45) is 17.3 Å². The second-order valence-corrected chi connectivity index (χ2v) is 12.8. The number of nitrogens with zero attached hydrogens (tertiary/aromatic N) is 3. The molecule has 2 aliphatic rings. The van der Waals surface area contributed by atoms with Gasteiger partial charge in [-0.05, 0) is 63.5 Å². The number of nitrogens with one attached hydrogen (secondary N) is 2. The molecule has 0 radical (unpaired) electrons. The van der Waals surface area contributed by atoms with Crippen molar-refractivity contribution in [1.82, 2.24) is 25.2 Å². The van der Waals surface area contributed by atoms with Crippen LogP contribution < -0.4 is 10.6 Å². The number of amides is 2. The number of aromatic nitrogens is 3. The lowest BCUT2D eigenvalue weighted by molar-refractivity contribution is -0.215. The highest BCUT2D eigenvalue weighted by Crippen LogP contribution is 2.46. The third-order valence-corrected chi connectivity index (χ3v) is 7.31. The Hall–Kier alpha value is -2.99. The molecule has 0 saturated heterocycles. The minimum Gasteiger partial charge on any atom is -0.444 e. The van der Waals surface area contributed by atoms with E-state index in [2.05, 4.69) is 20.7 Å². The Balaban J connectivity index is 1.55. The number of alkyl halides is 5. The number of alkyl carbamates (subject to hydrolysis) is 1. The van der Waals surface area contributed by atoms with Gasteiger partial charge in [0.25, 0.3) is 0 Å². The van der Waals surface area contributed by atoms with Crippen LogP contribution in [0.1, 0.15) is 96.5 Å². The normalized spacial score (nSPS) is 19.6. The van der Waals surface area contributed by atoms with Crippen LogP contribution in [-0.2, 0) is 9.53 Å². The molecule has 2 atom stereocenters. The maximum absolute atomic E-state index is 13.7. The van der Waals surface area contributed by atoms with Gasteiger partial charge in [0.2, 0.25) is 11.8 Å². The van der Waals surface area contributed by atoms with Crippen molar-refractivity contribution in [1.29, 1.82) is 0 Å². The molecule has 2 aromatic heterocycles. The number of halogens is 5. The van der Waals surface area contributed by atoms with Crippen LogP contribution in [0.2, 0.25) is 0 Å². The monoisotopic (exact) mass is 573 g/mol. The highest BCUT2D eigenvalue weighted by atomic mass is 19.4. The first-order valence-corrected chi connectivity index (χ1v) is 13.4. The quantitative estimate of drug-likeness (QED) is 0.345. The van der Waals surface area contributed by atoms with Crippen LogP contribution >= 0.6 is 0 Å². The lowest BCUT2D eigenvalue weighted by Gasteiger charge is -2.34. The number of rotatable bonds is 9. The highest BCUT2D eigenvalue weighted by molar-refractivity contribution is 5.77. The summed E-state index contributed by atoms with van der Waals surface area (Å²) >= 11 is 0. The van der Waals surface area contributed by atoms with E-state index in [1.807, 2.05) is 0 Å².